The fourth-order valence-corrected chi connectivity index (χ4v) is 2.59. The lowest BCUT2D eigenvalue weighted by Crippen LogP contribution is -2.18. The Hall–Kier alpha value is -0.930. The summed E-state index contributed by atoms with van der Waals surface area (Å²) in [6.07, 6.45) is 1.62. The fourth-order valence-electron chi connectivity index (χ4n) is 2.44. The summed E-state index contributed by atoms with van der Waals surface area (Å²) in [6.45, 7) is 8.94. The number of hydrogen-bond donors (Lipinski definition) is 1. The molecule has 0 aliphatic heterocycles. The quantitative estimate of drug-likeness (QED) is 0.394. The Kier molecular flexibility index (Phi) is 9.64. The standard InChI is InChI=1S/C18H28ClNO2.ClH/c1-6-22-17(20)14(8-7-11-19)15-12-13(18(2,3)4)9-10-16(15)21-5;/h9-10,12,14,20H,6-8,11H2,1-5H3;1H. The third kappa shape index (κ3) is 6.23. The van der Waals surface area contributed by atoms with Crippen molar-refractivity contribution in [3.63, 3.8) is 0 Å². The van der Waals surface area contributed by atoms with Gasteiger partial charge in [-0.3, -0.25) is 5.41 Å². The van der Waals surface area contributed by atoms with E-state index < -0.39 is 0 Å². The van der Waals surface area contributed by atoms with Crippen molar-refractivity contribution < 1.29 is 9.47 Å². The van der Waals surface area contributed by atoms with Crippen LogP contribution in [0.15, 0.2) is 18.2 Å². The van der Waals surface area contributed by atoms with E-state index in [9.17, 15) is 0 Å². The summed E-state index contributed by atoms with van der Waals surface area (Å²) >= 11 is 5.85. The van der Waals surface area contributed by atoms with Gasteiger partial charge < -0.3 is 9.47 Å². The normalized spacial score (nSPS) is 12.3. The minimum atomic E-state index is -0.115. The lowest BCUT2D eigenvalue weighted by molar-refractivity contribution is 0.304. The SMILES string of the molecule is CCOC(=N)C(CCCCl)c1cc(C(C)(C)C)ccc1OC.Cl. The second-order valence-electron chi connectivity index (χ2n) is 6.39. The van der Waals surface area contributed by atoms with Gasteiger partial charge in [0.25, 0.3) is 0 Å². The van der Waals surface area contributed by atoms with E-state index in [4.69, 9.17) is 26.5 Å². The molecule has 1 N–H and O–H groups in total. The van der Waals surface area contributed by atoms with Crippen LogP contribution in [0.4, 0.5) is 0 Å². The Balaban J connectivity index is 0.00000484. The van der Waals surface area contributed by atoms with Crippen molar-refractivity contribution in [2.45, 2.75) is 51.9 Å². The number of ether oxygens (including phenoxy) is 2. The first-order valence-electron chi connectivity index (χ1n) is 7.80. The van der Waals surface area contributed by atoms with Crippen molar-refractivity contribution in [3.8, 4) is 5.75 Å². The number of benzene rings is 1. The first-order valence-corrected chi connectivity index (χ1v) is 8.34. The molecular weight excluding hydrogens is 333 g/mol. The number of methoxy groups -OCH3 is 1. The van der Waals surface area contributed by atoms with Crippen molar-refractivity contribution in [2.75, 3.05) is 19.6 Å². The van der Waals surface area contributed by atoms with Gasteiger partial charge in [-0.25, -0.2) is 0 Å². The van der Waals surface area contributed by atoms with Crippen molar-refractivity contribution in [1.82, 2.24) is 0 Å². The molecule has 0 aliphatic rings. The summed E-state index contributed by atoms with van der Waals surface area (Å²) in [7, 11) is 1.67. The van der Waals surface area contributed by atoms with Gasteiger partial charge >= 0.3 is 0 Å². The molecule has 0 aromatic heterocycles. The van der Waals surface area contributed by atoms with E-state index in [0.29, 0.717) is 12.5 Å². The molecular formula is C18H29Cl2NO2. The van der Waals surface area contributed by atoms with E-state index >= 15 is 0 Å². The van der Waals surface area contributed by atoms with Crippen LogP contribution in [0.5, 0.6) is 5.75 Å². The molecule has 23 heavy (non-hydrogen) atoms. The lowest BCUT2D eigenvalue weighted by Gasteiger charge is -2.25. The highest BCUT2D eigenvalue weighted by molar-refractivity contribution is 6.17. The van der Waals surface area contributed by atoms with E-state index in [2.05, 4.69) is 32.9 Å². The highest BCUT2D eigenvalue weighted by Gasteiger charge is 2.24. The van der Waals surface area contributed by atoms with Gasteiger partial charge in [0.15, 0.2) is 5.90 Å². The average molecular weight is 362 g/mol. The van der Waals surface area contributed by atoms with Gasteiger partial charge in [-0.2, -0.15) is 0 Å². The van der Waals surface area contributed by atoms with E-state index in [1.54, 1.807) is 7.11 Å². The molecule has 0 saturated heterocycles. The predicted octanol–water partition coefficient (Wildman–Crippen LogP) is 5.53. The van der Waals surface area contributed by atoms with Gasteiger partial charge in [0.2, 0.25) is 0 Å². The molecule has 5 heteroatoms. The Bertz CT molecular complexity index is 498. The van der Waals surface area contributed by atoms with Crippen LogP contribution >= 0.6 is 24.0 Å². The van der Waals surface area contributed by atoms with Crippen LogP contribution in [-0.2, 0) is 10.2 Å². The zero-order chi connectivity index (χ0) is 16.8. The monoisotopic (exact) mass is 361 g/mol. The number of alkyl halides is 1. The highest BCUT2D eigenvalue weighted by atomic mass is 35.5. The third-order valence-electron chi connectivity index (χ3n) is 3.71. The van der Waals surface area contributed by atoms with Crippen molar-refractivity contribution >= 4 is 29.9 Å². The second-order valence-corrected chi connectivity index (χ2v) is 6.77. The minimum Gasteiger partial charge on any atom is -0.496 e. The average Bonchev–Trinajstić information content (AvgIpc) is 2.46. The van der Waals surface area contributed by atoms with Crippen LogP contribution in [-0.4, -0.2) is 25.5 Å². The lowest BCUT2D eigenvalue weighted by atomic mass is 9.83. The number of hydrogen-bond acceptors (Lipinski definition) is 3. The molecule has 0 fully saturated rings. The van der Waals surface area contributed by atoms with Crippen LogP contribution in [0, 0.1) is 5.41 Å². The summed E-state index contributed by atoms with van der Waals surface area (Å²) in [5.74, 6) is 1.56. The summed E-state index contributed by atoms with van der Waals surface area (Å²) in [6, 6.07) is 6.22. The zero-order valence-corrected chi connectivity index (χ0v) is 16.3. The maximum absolute atomic E-state index is 8.24. The molecule has 0 heterocycles. The van der Waals surface area contributed by atoms with Gasteiger partial charge in [-0.15, -0.1) is 24.0 Å². The Labute approximate surface area is 151 Å². The largest absolute Gasteiger partial charge is 0.496 e. The van der Waals surface area contributed by atoms with Crippen molar-refractivity contribution in [1.29, 1.82) is 5.41 Å². The molecule has 1 unspecified atom stereocenters. The zero-order valence-electron chi connectivity index (χ0n) is 14.7. The topological polar surface area (TPSA) is 42.3 Å². The Morgan fingerprint density at radius 1 is 1.30 bits per heavy atom. The van der Waals surface area contributed by atoms with E-state index in [0.717, 1.165) is 24.2 Å². The minimum absolute atomic E-state index is 0. The number of rotatable bonds is 7. The molecule has 0 spiro atoms. The third-order valence-corrected chi connectivity index (χ3v) is 3.98. The molecule has 3 nitrogen and oxygen atoms in total. The molecule has 0 bridgehead atoms. The van der Waals surface area contributed by atoms with Crippen molar-refractivity contribution in [2.24, 2.45) is 0 Å². The van der Waals surface area contributed by atoms with Gasteiger partial charge in [-0.1, -0.05) is 32.9 Å². The molecule has 0 amide bonds. The van der Waals surface area contributed by atoms with Gasteiger partial charge in [0.05, 0.1) is 19.6 Å². The Morgan fingerprint density at radius 2 is 1.96 bits per heavy atom. The fraction of sp³-hybridized carbons (Fsp3) is 0.611. The van der Waals surface area contributed by atoms with E-state index in [1.807, 2.05) is 13.0 Å². The molecule has 0 aliphatic carbocycles. The van der Waals surface area contributed by atoms with E-state index in [1.165, 1.54) is 5.56 Å². The van der Waals surface area contributed by atoms with Crippen molar-refractivity contribution in [3.05, 3.63) is 29.3 Å². The van der Waals surface area contributed by atoms with Gasteiger partial charge in [0, 0.05) is 11.4 Å². The Morgan fingerprint density at radius 3 is 2.43 bits per heavy atom. The maximum Gasteiger partial charge on any atom is 0.188 e. The first kappa shape index (κ1) is 22.1. The van der Waals surface area contributed by atoms with Crippen LogP contribution in [0.2, 0.25) is 0 Å². The smallest absolute Gasteiger partial charge is 0.188 e. The molecule has 1 rings (SSSR count). The molecule has 1 aromatic carbocycles. The highest BCUT2D eigenvalue weighted by Crippen LogP contribution is 2.35. The molecule has 0 saturated carbocycles. The number of halogens is 2. The van der Waals surface area contributed by atoms with Crippen LogP contribution in [0.1, 0.15) is 57.6 Å². The first-order chi connectivity index (χ1) is 10.3. The van der Waals surface area contributed by atoms with E-state index in [-0.39, 0.29) is 29.6 Å². The molecule has 0 radical (unpaired) electrons. The molecule has 1 aromatic rings. The summed E-state index contributed by atoms with van der Waals surface area (Å²) in [5.41, 5.74) is 2.29. The predicted molar refractivity (Wildman–Crippen MR) is 101 cm³/mol. The maximum atomic E-state index is 8.24. The second kappa shape index (κ2) is 10.0. The summed E-state index contributed by atoms with van der Waals surface area (Å²) < 4.78 is 11.0. The summed E-state index contributed by atoms with van der Waals surface area (Å²) in [4.78, 5) is 0. The van der Waals surface area contributed by atoms with Crippen LogP contribution < -0.4 is 4.74 Å². The number of nitrogens with one attached hydrogen (secondary N) is 1. The summed E-state index contributed by atoms with van der Waals surface area (Å²) in [5, 5.41) is 8.24. The van der Waals surface area contributed by atoms with Crippen LogP contribution in [0.25, 0.3) is 0 Å². The van der Waals surface area contributed by atoms with Gasteiger partial charge in [-0.05, 0) is 36.8 Å². The molecule has 132 valence electrons. The van der Waals surface area contributed by atoms with Crippen LogP contribution in [0.3, 0.4) is 0 Å². The van der Waals surface area contributed by atoms with Gasteiger partial charge in [0.1, 0.15) is 5.75 Å². The molecule has 1 atom stereocenters.